The molecule has 1 saturated carbocycles. The number of hydrogen-bond acceptors (Lipinski definition) is 2. The number of amides is 2. The van der Waals surface area contributed by atoms with Gasteiger partial charge in [-0.1, -0.05) is 52.9 Å². The monoisotopic (exact) mass is 296 g/mol. The van der Waals surface area contributed by atoms with Crippen LogP contribution in [0.4, 0.5) is 4.79 Å². The van der Waals surface area contributed by atoms with Crippen LogP contribution >= 0.6 is 0 Å². The maximum absolute atomic E-state index is 11.8. The standard InChI is InChI=1S/C17H32N2O2/c1-5-6-7-8-9-10-11-18-16(21)19-15-12-14(13(2)20)17(15,3)4/h14-15H,5-12H2,1-4H3,(H2,18,19,21). The molecule has 1 aliphatic carbocycles. The van der Waals surface area contributed by atoms with Gasteiger partial charge in [-0.3, -0.25) is 4.79 Å². The topological polar surface area (TPSA) is 58.2 Å². The summed E-state index contributed by atoms with van der Waals surface area (Å²) in [6.45, 7) is 8.70. The van der Waals surface area contributed by atoms with Crippen molar-refractivity contribution in [2.75, 3.05) is 6.54 Å². The van der Waals surface area contributed by atoms with Crippen LogP contribution in [0.2, 0.25) is 0 Å². The van der Waals surface area contributed by atoms with Crippen molar-refractivity contribution < 1.29 is 9.59 Å². The van der Waals surface area contributed by atoms with E-state index in [0.717, 1.165) is 19.4 Å². The zero-order chi connectivity index (χ0) is 15.9. The van der Waals surface area contributed by atoms with Crippen molar-refractivity contribution in [2.45, 2.75) is 78.7 Å². The summed E-state index contributed by atoms with van der Waals surface area (Å²) in [4.78, 5) is 23.3. The van der Waals surface area contributed by atoms with E-state index in [-0.39, 0.29) is 29.2 Å². The minimum Gasteiger partial charge on any atom is -0.338 e. The SMILES string of the molecule is CCCCCCCCNC(=O)NC1CC(C(C)=O)C1(C)C. The largest absolute Gasteiger partial charge is 0.338 e. The molecule has 0 bridgehead atoms. The van der Waals surface area contributed by atoms with Crippen molar-refractivity contribution in [3.63, 3.8) is 0 Å². The van der Waals surface area contributed by atoms with Crippen molar-refractivity contribution in [1.29, 1.82) is 0 Å². The van der Waals surface area contributed by atoms with Gasteiger partial charge in [0.05, 0.1) is 0 Å². The average molecular weight is 296 g/mol. The summed E-state index contributed by atoms with van der Waals surface area (Å²) in [6, 6.07) is 0.0135. The highest BCUT2D eigenvalue weighted by Crippen LogP contribution is 2.46. The molecule has 1 aliphatic rings. The molecule has 4 heteroatoms. The average Bonchev–Trinajstić information content (AvgIpc) is 2.41. The molecule has 0 heterocycles. The number of hydrogen-bond donors (Lipinski definition) is 2. The molecular weight excluding hydrogens is 264 g/mol. The van der Waals surface area contributed by atoms with Gasteiger partial charge in [0, 0.05) is 18.5 Å². The van der Waals surface area contributed by atoms with Crippen molar-refractivity contribution >= 4 is 11.8 Å². The van der Waals surface area contributed by atoms with Gasteiger partial charge in [-0.2, -0.15) is 0 Å². The molecule has 122 valence electrons. The summed E-state index contributed by atoms with van der Waals surface area (Å²) in [7, 11) is 0. The van der Waals surface area contributed by atoms with Crippen LogP contribution in [-0.4, -0.2) is 24.4 Å². The van der Waals surface area contributed by atoms with Crippen LogP contribution in [0.25, 0.3) is 0 Å². The van der Waals surface area contributed by atoms with Gasteiger partial charge in [0.25, 0.3) is 0 Å². The van der Waals surface area contributed by atoms with Crippen LogP contribution in [0, 0.1) is 11.3 Å². The van der Waals surface area contributed by atoms with Crippen molar-refractivity contribution in [3.8, 4) is 0 Å². The Morgan fingerprint density at radius 3 is 2.29 bits per heavy atom. The van der Waals surface area contributed by atoms with Crippen molar-refractivity contribution in [3.05, 3.63) is 0 Å². The molecule has 1 rings (SSSR count). The lowest BCUT2D eigenvalue weighted by Gasteiger charge is -2.51. The van der Waals surface area contributed by atoms with Gasteiger partial charge in [0.2, 0.25) is 0 Å². The van der Waals surface area contributed by atoms with E-state index in [1.54, 1.807) is 6.92 Å². The number of Topliss-reactive ketones (excluding diaryl/α,β-unsaturated/α-hetero) is 1. The number of rotatable bonds is 9. The first-order valence-corrected chi connectivity index (χ1v) is 8.44. The van der Waals surface area contributed by atoms with Gasteiger partial charge in [-0.15, -0.1) is 0 Å². The second-order valence-corrected chi connectivity index (χ2v) is 6.94. The molecule has 2 N–H and O–H groups in total. The van der Waals surface area contributed by atoms with Crippen LogP contribution in [0.5, 0.6) is 0 Å². The quantitative estimate of drug-likeness (QED) is 0.638. The van der Waals surface area contributed by atoms with E-state index in [1.807, 2.05) is 0 Å². The Balaban J connectivity index is 2.11. The third-order valence-electron chi connectivity index (χ3n) is 4.88. The van der Waals surface area contributed by atoms with E-state index in [9.17, 15) is 9.59 Å². The maximum Gasteiger partial charge on any atom is 0.315 e. The fourth-order valence-corrected chi connectivity index (χ4v) is 3.18. The Bertz CT molecular complexity index is 353. The van der Waals surface area contributed by atoms with Gasteiger partial charge in [0.15, 0.2) is 0 Å². The van der Waals surface area contributed by atoms with Crippen LogP contribution in [0.15, 0.2) is 0 Å². The van der Waals surface area contributed by atoms with Crippen LogP contribution < -0.4 is 10.6 Å². The van der Waals surface area contributed by atoms with Crippen LogP contribution in [-0.2, 0) is 4.79 Å². The third-order valence-corrected chi connectivity index (χ3v) is 4.88. The Kier molecular flexibility index (Phi) is 7.20. The fourth-order valence-electron chi connectivity index (χ4n) is 3.18. The summed E-state index contributed by atoms with van der Waals surface area (Å²) in [5.41, 5.74) is -0.122. The molecule has 0 aromatic rings. The molecule has 0 aliphatic heterocycles. The molecule has 0 saturated heterocycles. The zero-order valence-corrected chi connectivity index (χ0v) is 14.1. The maximum atomic E-state index is 11.8. The highest BCUT2D eigenvalue weighted by atomic mass is 16.2. The lowest BCUT2D eigenvalue weighted by Crippen LogP contribution is -2.61. The van der Waals surface area contributed by atoms with E-state index in [4.69, 9.17) is 0 Å². The molecule has 2 amide bonds. The molecule has 2 unspecified atom stereocenters. The first-order chi connectivity index (χ1) is 9.89. The highest BCUT2D eigenvalue weighted by Gasteiger charge is 2.50. The predicted molar refractivity (Wildman–Crippen MR) is 86.3 cm³/mol. The van der Waals surface area contributed by atoms with E-state index in [2.05, 4.69) is 31.4 Å². The number of carbonyl (C=O) groups excluding carboxylic acids is 2. The summed E-state index contributed by atoms with van der Waals surface area (Å²) in [6.07, 6.45) is 8.12. The van der Waals surface area contributed by atoms with Crippen molar-refractivity contribution in [1.82, 2.24) is 10.6 Å². The minimum absolute atomic E-state index is 0.0846. The van der Waals surface area contributed by atoms with Gasteiger partial charge < -0.3 is 10.6 Å². The summed E-state index contributed by atoms with van der Waals surface area (Å²) < 4.78 is 0. The molecule has 0 radical (unpaired) electrons. The highest BCUT2D eigenvalue weighted by molar-refractivity contribution is 5.81. The first-order valence-electron chi connectivity index (χ1n) is 8.44. The normalized spacial score (nSPS) is 23.2. The Morgan fingerprint density at radius 1 is 1.10 bits per heavy atom. The van der Waals surface area contributed by atoms with Crippen molar-refractivity contribution in [2.24, 2.45) is 11.3 Å². The molecule has 4 nitrogen and oxygen atoms in total. The third kappa shape index (κ3) is 5.33. The molecular formula is C17H32N2O2. The minimum atomic E-state index is -0.122. The molecule has 1 fully saturated rings. The Hall–Kier alpha value is -1.06. The summed E-state index contributed by atoms with van der Waals surface area (Å²) in [5.74, 6) is 0.312. The fraction of sp³-hybridized carbons (Fsp3) is 0.882. The molecule has 21 heavy (non-hydrogen) atoms. The first kappa shape index (κ1) is 18.0. The number of ketones is 1. The summed E-state index contributed by atoms with van der Waals surface area (Å²) >= 11 is 0. The lowest BCUT2D eigenvalue weighted by molar-refractivity contribution is -0.132. The smallest absolute Gasteiger partial charge is 0.315 e. The predicted octanol–water partition coefficient (Wildman–Crippen LogP) is 3.65. The van der Waals surface area contributed by atoms with Gasteiger partial charge in [0.1, 0.15) is 5.78 Å². The van der Waals surface area contributed by atoms with Crippen LogP contribution in [0.3, 0.4) is 0 Å². The van der Waals surface area contributed by atoms with Gasteiger partial charge in [-0.25, -0.2) is 4.79 Å². The van der Waals surface area contributed by atoms with E-state index < -0.39 is 0 Å². The number of unbranched alkanes of at least 4 members (excludes halogenated alkanes) is 5. The van der Waals surface area contributed by atoms with E-state index in [0.29, 0.717) is 0 Å². The number of nitrogens with one attached hydrogen (secondary N) is 2. The van der Waals surface area contributed by atoms with Gasteiger partial charge in [-0.05, 0) is 25.2 Å². The molecule has 0 aromatic heterocycles. The summed E-state index contributed by atoms with van der Waals surface area (Å²) in [5, 5.41) is 5.92. The Labute approximate surface area is 129 Å². The van der Waals surface area contributed by atoms with E-state index in [1.165, 1.54) is 32.1 Å². The van der Waals surface area contributed by atoms with Crippen LogP contribution in [0.1, 0.15) is 72.6 Å². The Morgan fingerprint density at radius 2 is 1.71 bits per heavy atom. The second kappa shape index (κ2) is 8.40. The number of urea groups is 1. The van der Waals surface area contributed by atoms with Gasteiger partial charge >= 0.3 is 6.03 Å². The van der Waals surface area contributed by atoms with E-state index >= 15 is 0 Å². The molecule has 0 spiro atoms. The zero-order valence-electron chi connectivity index (χ0n) is 14.1. The lowest BCUT2D eigenvalue weighted by atomic mass is 9.57. The number of carbonyl (C=O) groups is 2. The molecule has 2 atom stereocenters. The second-order valence-electron chi connectivity index (χ2n) is 6.94. The molecule has 0 aromatic carbocycles.